The Morgan fingerprint density at radius 1 is 1.04 bits per heavy atom. The summed E-state index contributed by atoms with van der Waals surface area (Å²) in [7, 11) is 1.67. The van der Waals surface area contributed by atoms with Crippen molar-refractivity contribution in [3.8, 4) is 5.75 Å². The highest BCUT2D eigenvalue weighted by Gasteiger charge is 2.10. The minimum atomic E-state index is -0.278. The lowest BCUT2D eigenvalue weighted by Gasteiger charge is -2.10. The first-order valence-electron chi connectivity index (χ1n) is 9.15. The van der Waals surface area contributed by atoms with E-state index in [1.807, 2.05) is 56.3 Å². The van der Waals surface area contributed by atoms with Gasteiger partial charge in [0.25, 0.3) is 5.91 Å². The number of ether oxygens (including phenoxy) is 1. The molecule has 0 aliphatic rings. The molecule has 3 aromatic rings. The number of methoxy groups -OCH3 is 1. The summed E-state index contributed by atoms with van der Waals surface area (Å²) < 4.78 is 5.35. The fourth-order valence-corrected chi connectivity index (χ4v) is 2.92. The Morgan fingerprint density at radius 3 is 2.57 bits per heavy atom. The minimum Gasteiger partial charge on any atom is -0.496 e. The second kappa shape index (κ2) is 8.99. The van der Waals surface area contributed by atoms with Crippen LogP contribution < -0.4 is 15.4 Å². The van der Waals surface area contributed by atoms with Crippen LogP contribution >= 0.6 is 0 Å². The van der Waals surface area contributed by atoms with Gasteiger partial charge in [-0.2, -0.15) is 0 Å². The van der Waals surface area contributed by atoms with E-state index < -0.39 is 0 Å². The molecule has 0 unspecified atom stereocenters. The molecule has 0 saturated heterocycles. The summed E-state index contributed by atoms with van der Waals surface area (Å²) >= 11 is 0. The lowest BCUT2D eigenvalue weighted by atomic mass is 10.1. The van der Waals surface area contributed by atoms with E-state index in [0.29, 0.717) is 12.4 Å². The van der Waals surface area contributed by atoms with Gasteiger partial charge in [-0.1, -0.05) is 35.9 Å². The predicted octanol–water partition coefficient (Wildman–Crippen LogP) is 4.01. The van der Waals surface area contributed by atoms with Crippen LogP contribution in [0.2, 0.25) is 0 Å². The highest BCUT2D eigenvalue weighted by Crippen LogP contribution is 2.18. The van der Waals surface area contributed by atoms with Crippen molar-refractivity contribution in [2.45, 2.75) is 20.3 Å². The summed E-state index contributed by atoms with van der Waals surface area (Å²) in [6.45, 7) is 4.66. The van der Waals surface area contributed by atoms with Gasteiger partial charge in [-0.3, -0.25) is 4.79 Å². The number of hydrogen-bond acceptors (Lipinski definition) is 5. The van der Waals surface area contributed by atoms with E-state index in [1.54, 1.807) is 19.2 Å². The van der Waals surface area contributed by atoms with Gasteiger partial charge in [-0.25, -0.2) is 0 Å². The van der Waals surface area contributed by atoms with Crippen molar-refractivity contribution in [3.05, 3.63) is 77.0 Å². The molecule has 0 saturated carbocycles. The van der Waals surface area contributed by atoms with E-state index in [0.717, 1.165) is 34.5 Å². The SMILES string of the molecule is COc1ccccc1CCNc1ccc(C(=O)Nc2ccc(C)cc2C)nn1. The van der Waals surface area contributed by atoms with Gasteiger partial charge in [0, 0.05) is 12.2 Å². The first kappa shape index (κ1) is 19.4. The molecule has 2 aromatic carbocycles. The molecule has 1 aromatic heterocycles. The number of rotatable bonds is 7. The maximum atomic E-state index is 12.4. The van der Waals surface area contributed by atoms with Crippen molar-refractivity contribution in [1.82, 2.24) is 10.2 Å². The minimum absolute atomic E-state index is 0.273. The van der Waals surface area contributed by atoms with Crippen LogP contribution in [0.5, 0.6) is 5.75 Å². The summed E-state index contributed by atoms with van der Waals surface area (Å²) in [4.78, 5) is 12.4. The fourth-order valence-electron chi connectivity index (χ4n) is 2.92. The van der Waals surface area contributed by atoms with Crippen molar-refractivity contribution in [1.29, 1.82) is 0 Å². The third-order valence-corrected chi connectivity index (χ3v) is 4.42. The maximum absolute atomic E-state index is 12.4. The molecule has 6 nitrogen and oxygen atoms in total. The zero-order valence-corrected chi connectivity index (χ0v) is 16.3. The smallest absolute Gasteiger partial charge is 0.276 e. The van der Waals surface area contributed by atoms with Crippen LogP contribution in [-0.4, -0.2) is 29.8 Å². The Morgan fingerprint density at radius 2 is 1.86 bits per heavy atom. The van der Waals surface area contributed by atoms with Gasteiger partial charge in [0.1, 0.15) is 11.6 Å². The number of aromatic nitrogens is 2. The molecule has 0 aliphatic carbocycles. The van der Waals surface area contributed by atoms with Gasteiger partial charge in [0.2, 0.25) is 0 Å². The second-order valence-electron chi connectivity index (χ2n) is 6.56. The van der Waals surface area contributed by atoms with E-state index in [1.165, 1.54) is 0 Å². The van der Waals surface area contributed by atoms with Crippen LogP contribution in [-0.2, 0) is 6.42 Å². The zero-order valence-electron chi connectivity index (χ0n) is 16.3. The molecule has 0 fully saturated rings. The van der Waals surface area contributed by atoms with Crippen molar-refractivity contribution in [2.75, 3.05) is 24.3 Å². The number of anilines is 2. The van der Waals surface area contributed by atoms with Crippen LogP contribution in [0, 0.1) is 13.8 Å². The number of benzene rings is 2. The van der Waals surface area contributed by atoms with Crippen LogP contribution in [0.15, 0.2) is 54.6 Å². The molecule has 144 valence electrons. The number of amides is 1. The lowest BCUT2D eigenvalue weighted by molar-refractivity contribution is 0.102. The summed E-state index contributed by atoms with van der Waals surface area (Å²) in [5, 5.41) is 14.2. The monoisotopic (exact) mass is 376 g/mol. The number of nitrogens with zero attached hydrogens (tertiary/aromatic N) is 2. The van der Waals surface area contributed by atoms with Gasteiger partial charge >= 0.3 is 0 Å². The summed E-state index contributed by atoms with van der Waals surface area (Å²) in [5.41, 5.74) is 4.33. The molecular formula is C22H24N4O2. The van der Waals surface area contributed by atoms with Gasteiger partial charge in [-0.05, 0) is 55.7 Å². The number of nitrogens with one attached hydrogen (secondary N) is 2. The molecule has 0 bridgehead atoms. The molecule has 0 spiro atoms. The maximum Gasteiger partial charge on any atom is 0.276 e. The standard InChI is InChI=1S/C22H24N4O2/c1-15-8-9-18(16(2)14-15)24-22(27)19-10-11-21(26-25-19)23-13-12-17-6-4-5-7-20(17)28-3/h4-11,14H,12-13H2,1-3H3,(H,23,26)(H,24,27). The first-order chi connectivity index (χ1) is 13.6. The highest BCUT2D eigenvalue weighted by atomic mass is 16.5. The summed E-state index contributed by atoms with van der Waals surface area (Å²) in [5.74, 6) is 1.21. The average molecular weight is 376 g/mol. The number of carbonyl (C=O) groups is 1. The zero-order chi connectivity index (χ0) is 19.9. The normalized spacial score (nSPS) is 10.4. The fraction of sp³-hybridized carbons (Fsp3) is 0.227. The molecule has 0 radical (unpaired) electrons. The topological polar surface area (TPSA) is 76.1 Å². The Bertz CT molecular complexity index is 955. The highest BCUT2D eigenvalue weighted by molar-refractivity contribution is 6.03. The lowest BCUT2D eigenvalue weighted by Crippen LogP contribution is -2.16. The van der Waals surface area contributed by atoms with Crippen molar-refractivity contribution < 1.29 is 9.53 Å². The molecule has 0 aliphatic heterocycles. The van der Waals surface area contributed by atoms with Crippen LogP contribution in [0.25, 0.3) is 0 Å². The Kier molecular flexibility index (Phi) is 6.22. The molecule has 28 heavy (non-hydrogen) atoms. The van der Waals surface area contributed by atoms with E-state index in [2.05, 4.69) is 20.8 Å². The molecule has 3 rings (SSSR count). The Hall–Kier alpha value is -3.41. The van der Waals surface area contributed by atoms with Crippen molar-refractivity contribution >= 4 is 17.4 Å². The van der Waals surface area contributed by atoms with E-state index in [4.69, 9.17) is 4.74 Å². The van der Waals surface area contributed by atoms with Crippen molar-refractivity contribution in [2.24, 2.45) is 0 Å². The number of hydrogen-bond donors (Lipinski definition) is 2. The summed E-state index contributed by atoms with van der Waals surface area (Å²) in [6.07, 6.45) is 0.792. The quantitative estimate of drug-likeness (QED) is 0.652. The van der Waals surface area contributed by atoms with E-state index >= 15 is 0 Å². The Labute approximate surface area is 165 Å². The molecule has 6 heteroatoms. The van der Waals surface area contributed by atoms with Gasteiger partial charge in [-0.15, -0.1) is 10.2 Å². The molecule has 1 amide bonds. The number of carbonyl (C=O) groups excluding carboxylic acids is 1. The van der Waals surface area contributed by atoms with Gasteiger partial charge in [0.05, 0.1) is 7.11 Å². The number of aryl methyl sites for hydroxylation is 2. The molecule has 2 N–H and O–H groups in total. The second-order valence-corrected chi connectivity index (χ2v) is 6.56. The van der Waals surface area contributed by atoms with Crippen LogP contribution in [0.1, 0.15) is 27.2 Å². The largest absolute Gasteiger partial charge is 0.496 e. The third-order valence-electron chi connectivity index (χ3n) is 4.42. The molecular weight excluding hydrogens is 352 g/mol. The van der Waals surface area contributed by atoms with Crippen LogP contribution in [0.3, 0.4) is 0 Å². The van der Waals surface area contributed by atoms with Crippen LogP contribution in [0.4, 0.5) is 11.5 Å². The molecule has 1 heterocycles. The predicted molar refractivity (Wildman–Crippen MR) is 111 cm³/mol. The van der Waals surface area contributed by atoms with Gasteiger partial charge in [0.15, 0.2) is 5.69 Å². The van der Waals surface area contributed by atoms with E-state index in [9.17, 15) is 4.79 Å². The molecule has 0 atom stereocenters. The Balaban J connectivity index is 1.56. The average Bonchev–Trinajstić information content (AvgIpc) is 2.71. The van der Waals surface area contributed by atoms with E-state index in [-0.39, 0.29) is 11.6 Å². The first-order valence-corrected chi connectivity index (χ1v) is 9.15. The third kappa shape index (κ3) is 4.85. The number of para-hydroxylation sites is 1. The van der Waals surface area contributed by atoms with Gasteiger partial charge < -0.3 is 15.4 Å². The van der Waals surface area contributed by atoms with Crippen molar-refractivity contribution in [3.63, 3.8) is 0 Å². The summed E-state index contributed by atoms with van der Waals surface area (Å²) in [6, 6.07) is 17.2.